The Morgan fingerprint density at radius 2 is 1.67 bits per heavy atom. The molecule has 0 saturated carbocycles. The summed E-state index contributed by atoms with van der Waals surface area (Å²) in [7, 11) is 1.53. The monoisotopic (exact) mass is 605 g/mol. The van der Waals surface area contributed by atoms with Crippen LogP contribution in [0.5, 0.6) is 17.2 Å². The summed E-state index contributed by atoms with van der Waals surface area (Å²) in [5.41, 5.74) is 2.23. The molecule has 3 rings (SSSR count). The van der Waals surface area contributed by atoms with Crippen molar-refractivity contribution in [2.75, 3.05) is 33.4 Å². The highest BCUT2D eigenvalue weighted by Crippen LogP contribution is 2.40. The predicted molar refractivity (Wildman–Crippen MR) is 152 cm³/mol. The van der Waals surface area contributed by atoms with E-state index in [9.17, 15) is 14.4 Å². The Labute approximate surface area is 238 Å². The van der Waals surface area contributed by atoms with E-state index in [0.29, 0.717) is 59.3 Å². The lowest BCUT2D eigenvalue weighted by Gasteiger charge is -2.26. The topological polar surface area (TPSA) is 138 Å². The Morgan fingerprint density at radius 3 is 2.23 bits per heavy atom. The minimum absolute atomic E-state index is 0. The van der Waals surface area contributed by atoms with Gasteiger partial charge in [0.1, 0.15) is 11.6 Å². The Morgan fingerprint density at radius 1 is 1.03 bits per heavy atom. The number of nitrogens with one attached hydrogen (secondary N) is 2. The molecule has 1 aliphatic rings. The number of aliphatic carboxylic acids is 1. The van der Waals surface area contributed by atoms with Gasteiger partial charge in [-0.05, 0) is 49.1 Å². The molecule has 0 aromatic heterocycles. The lowest BCUT2D eigenvalue weighted by atomic mass is 9.84. The molecule has 2 aromatic rings. The molecule has 0 unspecified atom stereocenters. The summed E-state index contributed by atoms with van der Waals surface area (Å²) >= 11 is 0. The van der Waals surface area contributed by atoms with Gasteiger partial charge in [-0.15, -0.1) is 17.0 Å². The maximum absolute atomic E-state index is 13.5. The molecule has 10 nitrogen and oxygen atoms in total. The maximum atomic E-state index is 13.5. The van der Waals surface area contributed by atoms with E-state index in [0.717, 1.165) is 5.56 Å². The van der Waals surface area contributed by atoms with E-state index in [4.69, 9.17) is 24.7 Å². The van der Waals surface area contributed by atoms with Crippen molar-refractivity contribution in [2.45, 2.75) is 46.6 Å². The van der Waals surface area contributed by atoms with E-state index in [1.165, 1.54) is 7.05 Å². The van der Waals surface area contributed by atoms with E-state index >= 15 is 0 Å². The van der Waals surface area contributed by atoms with Gasteiger partial charge in [0.2, 0.25) is 0 Å². The summed E-state index contributed by atoms with van der Waals surface area (Å²) in [6.45, 7) is 9.81. The molecule has 2 aromatic carbocycles. The van der Waals surface area contributed by atoms with Crippen molar-refractivity contribution < 1.29 is 33.7 Å². The summed E-state index contributed by atoms with van der Waals surface area (Å²) in [6, 6.07) is 6.64. The fourth-order valence-corrected chi connectivity index (χ4v) is 4.28. The summed E-state index contributed by atoms with van der Waals surface area (Å²) < 4.78 is 17.0. The Hall–Kier alpha value is -3.60. The highest BCUT2D eigenvalue weighted by atomic mass is 79.9. The molecular formula is C28H36BrN3O7. The average molecular weight is 607 g/mol. The van der Waals surface area contributed by atoms with Crippen LogP contribution in [0.25, 0.3) is 0 Å². The first kappa shape index (κ1) is 31.6. The fourth-order valence-electron chi connectivity index (χ4n) is 4.28. The number of ether oxygens (including phenoxy) is 3. The van der Waals surface area contributed by atoms with Crippen LogP contribution in [0.4, 0.5) is 0 Å². The molecule has 39 heavy (non-hydrogen) atoms. The number of hydrogen-bond donors (Lipinski definition) is 3. The Kier molecular flexibility index (Phi) is 10.5. The van der Waals surface area contributed by atoms with E-state index in [2.05, 4.69) is 5.32 Å². The minimum Gasteiger partial charge on any atom is -0.493 e. The highest BCUT2D eigenvalue weighted by molar-refractivity contribution is 8.93. The van der Waals surface area contributed by atoms with Gasteiger partial charge in [-0.2, -0.15) is 0 Å². The summed E-state index contributed by atoms with van der Waals surface area (Å²) in [5, 5.41) is 20.4. The molecule has 1 aliphatic heterocycles. The number of carboxylic acid groups (broad SMARTS) is 1. The number of benzene rings is 2. The van der Waals surface area contributed by atoms with Crippen LogP contribution in [0.1, 0.15) is 72.0 Å². The second kappa shape index (κ2) is 13.0. The summed E-state index contributed by atoms with van der Waals surface area (Å²) in [4.78, 5) is 38.7. The van der Waals surface area contributed by atoms with Gasteiger partial charge in [0.05, 0.1) is 25.3 Å². The molecule has 1 amide bonds. The van der Waals surface area contributed by atoms with Gasteiger partial charge in [0.15, 0.2) is 23.9 Å². The van der Waals surface area contributed by atoms with Crippen LogP contribution in [0.2, 0.25) is 0 Å². The van der Waals surface area contributed by atoms with Crippen molar-refractivity contribution >= 4 is 40.5 Å². The van der Waals surface area contributed by atoms with Crippen LogP contribution >= 0.6 is 17.0 Å². The number of halogens is 1. The molecule has 0 atom stereocenters. The van der Waals surface area contributed by atoms with Crippen molar-refractivity contribution in [1.29, 1.82) is 5.41 Å². The van der Waals surface area contributed by atoms with Crippen LogP contribution < -0.4 is 19.5 Å². The van der Waals surface area contributed by atoms with E-state index in [1.807, 2.05) is 27.7 Å². The summed E-state index contributed by atoms with van der Waals surface area (Å²) in [6.07, 6.45) is 0. The van der Waals surface area contributed by atoms with Crippen molar-refractivity contribution in [3.63, 3.8) is 0 Å². The normalized spacial score (nSPS) is 12.4. The maximum Gasteiger partial charge on any atom is 0.341 e. The minimum atomic E-state index is -1.12. The molecule has 0 radical (unpaired) electrons. The average Bonchev–Trinajstić information content (AvgIpc) is 3.15. The van der Waals surface area contributed by atoms with Crippen LogP contribution in [-0.4, -0.2) is 66.9 Å². The largest absolute Gasteiger partial charge is 0.493 e. The fraction of sp³-hybridized carbons (Fsp3) is 0.429. The third-order valence-electron chi connectivity index (χ3n) is 6.07. The molecule has 212 valence electrons. The van der Waals surface area contributed by atoms with Crippen LogP contribution in [-0.2, 0) is 16.8 Å². The number of carbonyl (C=O) groups excluding carboxylic acids is 2. The number of fused-ring (bicyclic) bond motifs is 1. The van der Waals surface area contributed by atoms with E-state index < -0.39 is 18.0 Å². The number of nitrogens with zero attached hydrogens (tertiary/aromatic N) is 1. The zero-order valence-electron chi connectivity index (χ0n) is 23.1. The third kappa shape index (κ3) is 7.08. The zero-order valence-corrected chi connectivity index (χ0v) is 24.8. The molecule has 0 saturated heterocycles. The second-order valence-corrected chi connectivity index (χ2v) is 9.86. The first-order valence-corrected chi connectivity index (χ1v) is 12.5. The highest BCUT2D eigenvalue weighted by Gasteiger charge is 2.31. The molecule has 1 heterocycles. The van der Waals surface area contributed by atoms with Crippen molar-refractivity contribution in [3.05, 3.63) is 52.1 Å². The van der Waals surface area contributed by atoms with Crippen LogP contribution in [0, 0.1) is 5.41 Å². The Balaban J connectivity index is 0.00000533. The molecule has 3 N–H and O–H groups in total. The Bertz CT molecular complexity index is 1270. The van der Waals surface area contributed by atoms with E-state index in [1.54, 1.807) is 36.1 Å². The first-order chi connectivity index (χ1) is 17.9. The first-order valence-electron chi connectivity index (χ1n) is 12.5. The quantitative estimate of drug-likeness (QED) is 0.324. The zero-order chi connectivity index (χ0) is 28.2. The molecule has 0 fully saturated rings. The number of ketones is 1. The molecule has 0 aliphatic carbocycles. The van der Waals surface area contributed by atoms with Gasteiger partial charge in [-0.3, -0.25) is 15.0 Å². The number of hydrogen-bond acceptors (Lipinski definition) is 7. The predicted octanol–water partition coefficient (Wildman–Crippen LogP) is 4.21. The van der Waals surface area contributed by atoms with Crippen molar-refractivity contribution in [3.8, 4) is 17.2 Å². The van der Waals surface area contributed by atoms with E-state index in [-0.39, 0.29) is 41.1 Å². The van der Waals surface area contributed by atoms with Gasteiger partial charge >= 0.3 is 5.97 Å². The third-order valence-corrected chi connectivity index (χ3v) is 6.07. The van der Waals surface area contributed by atoms with Crippen molar-refractivity contribution in [2.24, 2.45) is 0 Å². The standard InChI is InChI=1S/C28H35N3O7.BrH/c1-7-36-22-11-17-13-31(26(29)18(17)12-19(22)27(35)30-6)14-21(32)16-9-20(28(3,4)5)25(38-15-24(33)34)23(10-16)37-8-2;/h9-12,29H,7-8,13-15H2,1-6H3,(H,30,35)(H,33,34);1H. The van der Waals surface area contributed by atoms with Crippen molar-refractivity contribution in [1.82, 2.24) is 10.2 Å². The molecular weight excluding hydrogens is 570 g/mol. The molecule has 0 spiro atoms. The lowest BCUT2D eigenvalue weighted by Crippen LogP contribution is -2.30. The van der Waals surface area contributed by atoms with Crippen LogP contribution in [0.15, 0.2) is 24.3 Å². The van der Waals surface area contributed by atoms with Gasteiger partial charge in [-0.25, -0.2) is 4.79 Å². The smallest absolute Gasteiger partial charge is 0.341 e. The molecule has 11 heteroatoms. The number of amidine groups is 1. The van der Waals surface area contributed by atoms with Crippen LogP contribution in [0.3, 0.4) is 0 Å². The second-order valence-electron chi connectivity index (χ2n) is 9.86. The number of amides is 1. The van der Waals surface area contributed by atoms with Gasteiger partial charge < -0.3 is 29.5 Å². The van der Waals surface area contributed by atoms with Gasteiger partial charge in [-0.1, -0.05) is 20.8 Å². The number of Topliss-reactive ketones (excluding diaryl/α,β-unsaturated/α-hetero) is 1. The lowest BCUT2D eigenvalue weighted by molar-refractivity contribution is -0.139. The number of carbonyl (C=O) groups is 3. The number of rotatable bonds is 11. The SMILES string of the molecule is Br.CCOc1cc2c(cc1C(=O)NC)C(=N)N(CC(=O)c1cc(OCC)c(OCC(=O)O)c(C(C)(C)C)c1)C2. The number of carboxylic acids is 1. The van der Waals surface area contributed by atoms with Gasteiger partial charge in [0, 0.05) is 30.3 Å². The molecule has 0 bridgehead atoms. The van der Waals surface area contributed by atoms with Gasteiger partial charge in [0.25, 0.3) is 5.91 Å². The summed E-state index contributed by atoms with van der Waals surface area (Å²) in [5.74, 6) is -0.515.